The third kappa shape index (κ3) is 4.92. The fourth-order valence-corrected chi connectivity index (χ4v) is 6.30. The summed E-state index contributed by atoms with van der Waals surface area (Å²) in [5, 5.41) is 14.7. The summed E-state index contributed by atoms with van der Waals surface area (Å²) in [5.74, 6) is -0.205. The number of carbonyl (C=O) groups is 2. The van der Waals surface area contributed by atoms with Crippen molar-refractivity contribution in [2.75, 3.05) is 39.3 Å². The topological polar surface area (TPSA) is 121 Å². The fourth-order valence-electron chi connectivity index (χ4n) is 4.21. The van der Waals surface area contributed by atoms with Crippen LogP contribution in [0.15, 0.2) is 46.0 Å². The number of sulfonamides is 1. The van der Waals surface area contributed by atoms with E-state index in [1.54, 1.807) is 15.9 Å². The minimum absolute atomic E-state index is 0.00923. The number of piperidine rings is 1. The van der Waals surface area contributed by atoms with Crippen molar-refractivity contribution in [1.29, 1.82) is 0 Å². The number of benzene rings is 1. The van der Waals surface area contributed by atoms with Crippen molar-refractivity contribution in [2.45, 2.75) is 17.7 Å². The molecule has 0 radical (unpaired) electrons. The van der Waals surface area contributed by atoms with Crippen LogP contribution in [0.4, 0.5) is 5.69 Å². The zero-order chi connectivity index (χ0) is 23.6. The van der Waals surface area contributed by atoms with E-state index in [-0.39, 0.29) is 54.5 Å². The summed E-state index contributed by atoms with van der Waals surface area (Å²) >= 11 is 1.47. The summed E-state index contributed by atoms with van der Waals surface area (Å²) in [6.07, 6.45) is 1.17. The van der Waals surface area contributed by atoms with E-state index in [0.717, 1.165) is 6.07 Å². The second kappa shape index (κ2) is 9.57. The van der Waals surface area contributed by atoms with Gasteiger partial charge in [-0.1, -0.05) is 6.07 Å². The number of carbonyl (C=O) groups excluding carboxylic acids is 2. The predicted molar refractivity (Wildman–Crippen MR) is 121 cm³/mol. The Balaban J connectivity index is 1.32. The van der Waals surface area contributed by atoms with Crippen LogP contribution in [0.25, 0.3) is 0 Å². The van der Waals surface area contributed by atoms with Crippen LogP contribution in [0.3, 0.4) is 0 Å². The number of nitro groups is 1. The number of nitro benzene ring substituents is 1. The summed E-state index contributed by atoms with van der Waals surface area (Å²) in [5.41, 5.74) is 0.388. The van der Waals surface area contributed by atoms with Crippen LogP contribution < -0.4 is 0 Å². The Morgan fingerprint density at radius 3 is 2.30 bits per heavy atom. The van der Waals surface area contributed by atoms with E-state index in [1.807, 2.05) is 10.8 Å². The molecule has 0 bridgehead atoms. The summed E-state index contributed by atoms with van der Waals surface area (Å²) in [4.78, 5) is 39.1. The van der Waals surface area contributed by atoms with Crippen LogP contribution in [0.2, 0.25) is 0 Å². The Bertz CT molecular complexity index is 1140. The van der Waals surface area contributed by atoms with Gasteiger partial charge in [-0.3, -0.25) is 19.7 Å². The molecule has 2 aliphatic rings. The zero-order valence-electron chi connectivity index (χ0n) is 17.8. The summed E-state index contributed by atoms with van der Waals surface area (Å²) in [6.45, 7) is 1.83. The van der Waals surface area contributed by atoms with Gasteiger partial charge in [0.25, 0.3) is 11.6 Å². The van der Waals surface area contributed by atoms with Crippen molar-refractivity contribution < 1.29 is 22.9 Å². The average molecular weight is 493 g/mol. The van der Waals surface area contributed by atoms with E-state index in [1.165, 1.54) is 33.8 Å². The molecule has 0 unspecified atom stereocenters. The van der Waals surface area contributed by atoms with E-state index in [9.17, 15) is 28.1 Å². The van der Waals surface area contributed by atoms with Gasteiger partial charge < -0.3 is 9.80 Å². The van der Waals surface area contributed by atoms with Crippen molar-refractivity contribution in [1.82, 2.24) is 14.1 Å². The molecule has 0 atom stereocenters. The van der Waals surface area contributed by atoms with E-state index in [2.05, 4.69) is 0 Å². The zero-order valence-corrected chi connectivity index (χ0v) is 19.5. The molecule has 12 heteroatoms. The van der Waals surface area contributed by atoms with Gasteiger partial charge in [0.15, 0.2) is 0 Å². The third-order valence-electron chi connectivity index (χ3n) is 6.12. The first kappa shape index (κ1) is 23.3. The monoisotopic (exact) mass is 492 g/mol. The van der Waals surface area contributed by atoms with Crippen LogP contribution in [0, 0.1) is 16.0 Å². The molecule has 2 aliphatic heterocycles. The number of thiophene rings is 1. The largest absolute Gasteiger partial charge is 0.340 e. The second-order valence-corrected chi connectivity index (χ2v) is 10.8. The van der Waals surface area contributed by atoms with Gasteiger partial charge in [-0.15, -0.1) is 0 Å². The highest BCUT2D eigenvalue weighted by Crippen LogP contribution is 2.25. The molecule has 2 fully saturated rings. The molecular weight excluding hydrogens is 468 g/mol. The van der Waals surface area contributed by atoms with Crippen LogP contribution in [0.1, 0.15) is 23.2 Å². The maximum absolute atomic E-state index is 13.0. The molecule has 0 N–H and O–H groups in total. The summed E-state index contributed by atoms with van der Waals surface area (Å²) in [7, 11) is -3.88. The van der Waals surface area contributed by atoms with E-state index in [4.69, 9.17) is 0 Å². The van der Waals surface area contributed by atoms with Crippen molar-refractivity contribution in [2.24, 2.45) is 5.92 Å². The number of amides is 2. The highest BCUT2D eigenvalue weighted by atomic mass is 32.2. The van der Waals surface area contributed by atoms with Gasteiger partial charge in [-0.2, -0.15) is 15.6 Å². The number of hydrogen-bond donors (Lipinski definition) is 0. The van der Waals surface area contributed by atoms with Crippen LogP contribution in [0.5, 0.6) is 0 Å². The van der Waals surface area contributed by atoms with Gasteiger partial charge in [0.2, 0.25) is 15.9 Å². The Kier molecular flexibility index (Phi) is 6.77. The molecule has 176 valence electrons. The minimum atomic E-state index is -3.88. The highest BCUT2D eigenvalue weighted by Gasteiger charge is 2.35. The smallest absolute Gasteiger partial charge is 0.270 e. The van der Waals surface area contributed by atoms with Gasteiger partial charge in [-0.25, -0.2) is 8.42 Å². The van der Waals surface area contributed by atoms with Gasteiger partial charge in [-0.05, 0) is 30.4 Å². The Morgan fingerprint density at radius 1 is 1.00 bits per heavy atom. The van der Waals surface area contributed by atoms with Crippen molar-refractivity contribution in [3.8, 4) is 0 Å². The standard InChI is InChI=1S/C21H24N4O6S2/c26-20(16-4-7-22(8-5-16)21(27)17-6-13-32-15-17)23-9-11-24(12-10-23)33(30,31)19-3-1-2-18(14-19)25(28)29/h1-3,6,13-16H,4-5,7-12H2. The van der Waals surface area contributed by atoms with E-state index in [0.29, 0.717) is 31.5 Å². The predicted octanol–water partition coefficient (Wildman–Crippen LogP) is 2.04. The Hall–Kier alpha value is -2.83. The SMILES string of the molecule is O=C(c1ccsc1)N1CCC(C(=O)N2CCN(S(=O)(=O)c3cccc([N+](=O)[O-])c3)CC2)CC1. The molecule has 1 aromatic heterocycles. The molecule has 3 heterocycles. The minimum Gasteiger partial charge on any atom is -0.340 e. The lowest BCUT2D eigenvalue weighted by Crippen LogP contribution is -2.53. The van der Waals surface area contributed by atoms with Gasteiger partial charge in [0, 0.05) is 62.7 Å². The number of piperazine rings is 1. The molecule has 0 aliphatic carbocycles. The van der Waals surface area contributed by atoms with Crippen molar-refractivity contribution in [3.63, 3.8) is 0 Å². The maximum atomic E-state index is 13.0. The first-order valence-electron chi connectivity index (χ1n) is 10.6. The molecule has 4 rings (SSSR count). The first-order chi connectivity index (χ1) is 15.8. The van der Waals surface area contributed by atoms with Gasteiger partial charge in [0.1, 0.15) is 0 Å². The second-order valence-electron chi connectivity index (χ2n) is 8.06. The molecule has 2 amide bonds. The lowest BCUT2D eigenvalue weighted by atomic mass is 9.94. The van der Waals surface area contributed by atoms with Crippen molar-refractivity contribution >= 4 is 38.9 Å². The number of likely N-dealkylation sites (tertiary alicyclic amines) is 1. The lowest BCUT2D eigenvalue weighted by molar-refractivity contribution is -0.385. The molecule has 1 aromatic carbocycles. The average Bonchev–Trinajstić information content (AvgIpc) is 3.38. The normalized spacial score (nSPS) is 18.3. The first-order valence-corrected chi connectivity index (χ1v) is 13.0. The molecular formula is C21H24N4O6S2. The Labute approximate surface area is 195 Å². The van der Waals surface area contributed by atoms with Crippen LogP contribution in [-0.2, 0) is 14.8 Å². The number of nitrogens with zero attached hydrogens (tertiary/aromatic N) is 4. The summed E-state index contributed by atoms with van der Waals surface area (Å²) < 4.78 is 27.1. The van der Waals surface area contributed by atoms with E-state index >= 15 is 0 Å². The summed E-state index contributed by atoms with van der Waals surface area (Å²) in [6, 6.07) is 6.78. The van der Waals surface area contributed by atoms with Crippen LogP contribution >= 0.6 is 11.3 Å². The number of non-ortho nitro benzene ring substituents is 1. The lowest BCUT2D eigenvalue weighted by Gasteiger charge is -2.38. The Morgan fingerprint density at radius 2 is 1.70 bits per heavy atom. The maximum Gasteiger partial charge on any atom is 0.270 e. The van der Waals surface area contributed by atoms with Crippen LogP contribution in [-0.4, -0.2) is 78.5 Å². The van der Waals surface area contributed by atoms with E-state index < -0.39 is 14.9 Å². The van der Waals surface area contributed by atoms with Gasteiger partial charge >= 0.3 is 0 Å². The number of rotatable bonds is 5. The van der Waals surface area contributed by atoms with Gasteiger partial charge in [0.05, 0.1) is 15.4 Å². The molecule has 2 aromatic rings. The molecule has 10 nitrogen and oxygen atoms in total. The molecule has 2 saturated heterocycles. The molecule has 0 saturated carbocycles. The fraction of sp³-hybridized carbons (Fsp3) is 0.429. The quantitative estimate of drug-likeness (QED) is 0.465. The molecule has 0 spiro atoms. The third-order valence-corrected chi connectivity index (χ3v) is 8.69. The number of hydrogen-bond acceptors (Lipinski definition) is 7. The molecule has 33 heavy (non-hydrogen) atoms. The van der Waals surface area contributed by atoms with Crippen molar-refractivity contribution in [3.05, 3.63) is 56.8 Å². The highest BCUT2D eigenvalue weighted by molar-refractivity contribution is 7.89.